The Morgan fingerprint density at radius 1 is 0.800 bits per heavy atom. The molecule has 156 valence electrons. The van der Waals surface area contributed by atoms with E-state index in [1.54, 1.807) is 0 Å². The van der Waals surface area contributed by atoms with Crippen LogP contribution in [0.25, 0.3) is 11.1 Å². The van der Waals surface area contributed by atoms with Gasteiger partial charge in [-0.3, -0.25) is 4.79 Å². The Bertz CT molecular complexity index is 926. The first kappa shape index (κ1) is 21.8. The van der Waals surface area contributed by atoms with E-state index in [2.05, 4.69) is 48.5 Å². The normalized spacial score (nSPS) is 11.3. The number of benzene rings is 3. The van der Waals surface area contributed by atoms with Crippen molar-refractivity contribution in [2.24, 2.45) is 0 Å². The van der Waals surface area contributed by atoms with Gasteiger partial charge in [-0.15, -0.1) is 0 Å². The van der Waals surface area contributed by atoms with Crippen molar-refractivity contribution in [2.75, 3.05) is 13.2 Å². The Morgan fingerprint density at radius 2 is 1.40 bits per heavy atom. The van der Waals surface area contributed by atoms with Crippen LogP contribution < -0.4 is 0 Å². The molecule has 3 rings (SSSR count). The van der Waals surface area contributed by atoms with Gasteiger partial charge in [-0.2, -0.15) is 0 Å². The topological polar surface area (TPSA) is 35.5 Å². The van der Waals surface area contributed by atoms with E-state index in [-0.39, 0.29) is 5.97 Å². The number of hydrogen-bond acceptors (Lipinski definition) is 3. The highest BCUT2D eigenvalue weighted by atomic mass is 16.5. The van der Waals surface area contributed by atoms with Crippen LogP contribution in [-0.4, -0.2) is 19.2 Å². The molecule has 0 unspecified atom stereocenters. The molecule has 0 aromatic heterocycles. The van der Waals surface area contributed by atoms with Gasteiger partial charge in [0.05, 0.1) is 25.2 Å². The summed E-state index contributed by atoms with van der Waals surface area (Å²) >= 11 is 0. The highest BCUT2D eigenvalue weighted by Crippen LogP contribution is 2.28. The van der Waals surface area contributed by atoms with Gasteiger partial charge in [0, 0.05) is 0 Å². The van der Waals surface area contributed by atoms with Gasteiger partial charge in [0.25, 0.3) is 0 Å². The van der Waals surface area contributed by atoms with Crippen LogP contribution in [0.2, 0.25) is 0 Å². The Hall–Kier alpha value is -2.91. The zero-order valence-corrected chi connectivity index (χ0v) is 18.1. The van der Waals surface area contributed by atoms with E-state index in [1.165, 1.54) is 11.1 Å². The maximum absolute atomic E-state index is 12.2. The van der Waals surface area contributed by atoms with Gasteiger partial charge >= 0.3 is 5.97 Å². The van der Waals surface area contributed by atoms with E-state index < -0.39 is 5.41 Å². The molecular weight excluding hydrogens is 372 g/mol. The van der Waals surface area contributed by atoms with Crippen LogP contribution in [0.1, 0.15) is 37.5 Å². The molecule has 3 aromatic carbocycles. The van der Waals surface area contributed by atoms with Gasteiger partial charge in [-0.1, -0.05) is 78.9 Å². The molecule has 3 aromatic rings. The average molecular weight is 403 g/mol. The lowest BCUT2D eigenvalue weighted by Crippen LogP contribution is -2.31. The van der Waals surface area contributed by atoms with Crippen LogP contribution in [0.3, 0.4) is 0 Å². The van der Waals surface area contributed by atoms with Crippen LogP contribution >= 0.6 is 0 Å². The Labute approximate surface area is 179 Å². The predicted molar refractivity (Wildman–Crippen MR) is 121 cm³/mol. The van der Waals surface area contributed by atoms with Crippen LogP contribution in [0.15, 0.2) is 78.9 Å². The highest BCUT2D eigenvalue weighted by molar-refractivity contribution is 5.82. The lowest BCUT2D eigenvalue weighted by Gasteiger charge is -2.23. The highest BCUT2D eigenvalue weighted by Gasteiger charge is 2.31. The van der Waals surface area contributed by atoms with E-state index in [9.17, 15) is 4.79 Å². The molecule has 0 N–H and O–H groups in total. The molecule has 0 saturated heterocycles. The largest absolute Gasteiger partial charge is 0.465 e. The van der Waals surface area contributed by atoms with Crippen molar-refractivity contribution in [3.8, 4) is 11.1 Å². The molecule has 0 aliphatic heterocycles. The van der Waals surface area contributed by atoms with Gasteiger partial charge in [-0.25, -0.2) is 0 Å². The monoisotopic (exact) mass is 402 g/mol. The van der Waals surface area contributed by atoms with Gasteiger partial charge < -0.3 is 9.47 Å². The summed E-state index contributed by atoms with van der Waals surface area (Å²) < 4.78 is 11.0. The summed E-state index contributed by atoms with van der Waals surface area (Å²) in [5.74, 6) is -0.198. The fourth-order valence-corrected chi connectivity index (χ4v) is 3.33. The Balaban J connectivity index is 1.56. The number of hydrogen-bond donors (Lipinski definition) is 0. The molecule has 3 heteroatoms. The third-order valence-corrected chi connectivity index (χ3v) is 5.33. The van der Waals surface area contributed by atoms with Crippen LogP contribution in [0.4, 0.5) is 0 Å². The molecule has 0 fully saturated rings. The number of esters is 1. The number of carbonyl (C=O) groups excluding carboxylic acids is 1. The van der Waals surface area contributed by atoms with Crippen molar-refractivity contribution in [3.63, 3.8) is 0 Å². The van der Waals surface area contributed by atoms with E-state index in [0.717, 1.165) is 23.1 Å². The molecule has 0 spiro atoms. The molecular formula is C27H30O3. The van der Waals surface area contributed by atoms with Crippen LogP contribution in [0.5, 0.6) is 0 Å². The molecule has 0 saturated carbocycles. The summed E-state index contributed by atoms with van der Waals surface area (Å²) in [6.45, 7) is 7.36. The van der Waals surface area contributed by atoms with Gasteiger partial charge in [0.2, 0.25) is 0 Å². The molecule has 0 heterocycles. The third kappa shape index (κ3) is 5.58. The lowest BCUT2D eigenvalue weighted by molar-refractivity contribution is -0.148. The first-order valence-electron chi connectivity index (χ1n) is 10.5. The Morgan fingerprint density at radius 3 is 2.00 bits per heavy atom. The number of carbonyl (C=O) groups is 1. The average Bonchev–Trinajstić information content (AvgIpc) is 2.78. The molecule has 30 heavy (non-hydrogen) atoms. The quantitative estimate of drug-likeness (QED) is 0.327. The van der Waals surface area contributed by atoms with Crippen molar-refractivity contribution < 1.29 is 14.3 Å². The second-order valence-corrected chi connectivity index (χ2v) is 7.91. The van der Waals surface area contributed by atoms with Crippen LogP contribution in [-0.2, 0) is 32.7 Å². The molecule has 0 bridgehead atoms. The summed E-state index contributed by atoms with van der Waals surface area (Å²) in [6, 6.07) is 27.0. The minimum Gasteiger partial charge on any atom is -0.465 e. The van der Waals surface area contributed by atoms with E-state index >= 15 is 0 Å². The van der Waals surface area contributed by atoms with Crippen molar-refractivity contribution >= 4 is 5.97 Å². The second-order valence-electron chi connectivity index (χ2n) is 7.91. The third-order valence-electron chi connectivity index (χ3n) is 5.33. The summed E-state index contributed by atoms with van der Waals surface area (Å²) in [5, 5.41) is 0. The van der Waals surface area contributed by atoms with Gasteiger partial charge in [0.1, 0.15) is 0 Å². The van der Waals surface area contributed by atoms with Crippen LogP contribution in [0, 0.1) is 0 Å². The smallest absolute Gasteiger partial charge is 0.315 e. The first-order chi connectivity index (χ1) is 14.5. The van der Waals surface area contributed by atoms with E-state index in [4.69, 9.17) is 9.47 Å². The number of rotatable bonds is 9. The predicted octanol–water partition coefficient (Wildman–Crippen LogP) is 5.95. The van der Waals surface area contributed by atoms with E-state index in [0.29, 0.717) is 19.8 Å². The fraction of sp³-hybridized carbons (Fsp3) is 0.296. The molecule has 0 atom stereocenters. The second kappa shape index (κ2) is 10.2. The summed E-state index contributed by atoms with van der Waals surface area (Å²) in [4.78, 5) is 12.2. The maximum atomic E-state index is 12.2. The molecule has 0 radical (unpaired) electrons. The van der Waals surface area contributed by atoms with Crippen molar-refractivity contribution in [2.45, 2.75) is 39.2 Å². The molecule has 0 amide bonds. The fourth-order valence-electron chi connectivity index (χ4n) is 3.33. The maximum Gasteiger partial charge on any atom is 0.315 e. The van der Waals surface area contributed by atoms with Crippen molar-refractivity contribution in [1.29, 1.82) is 0 Å². The van der Waals surface area contributed by atoms with Gasteiger partial charge in [-0.05, 0) is 55.0 Å². The van der Waals surface area contributed by atoms with Crippen molar-refractivity contribution in [1.82, 2.24) is 0 Å². The Kier molecular flexibility index (Phi) is 7.42. The molecule has 3 nitrogen and oxygen atoms in total. The molecule has 0 aliphatic rings. The standard InChI is InChI=1S/C27H30O3/c1-4-30-26(28)27(2,3)25-16-14-24(15-17-25)23-12-10-21(11-13-23)18-19-29-20-22-8-6-5-7-9-22/h5-17H,4,18-20H2,1-3H3. The van der Waals surface area contributed by atoms with Crippen molar-refractivity contribution in [3.05, 3.63) is 95.6 Å². The minimum absolute atomic E-state index is 0.198. The minimum atomic E-state index is -0.655. The van der Waals surface area contributed by atoms with Gasteiger partial charge in [0.15, 0.2) is 0 Å². The summed E-state index contributed by atoms with van der Waals surface area (Å²) in [6.07, 6.45) is 0.889. The summed E-state index contributed by atoms with van der Waals surface area (Å²) in [5.41, 5.74) is 5.04. The summed E-state index contributed by atoms with van der Waals surface area (Å²) in [7, 11) is 0. The zero-order chi connectivity index (χ0) is 21.4. The lowest BCUT2D eigenvalue weighted by atomic mass is 9.84. The first-order valence-corrected chi connectivity index (χ1v) is 10.5. The number of ether oxygens (including phenoxy) is 2. The zero-order valence-electron chi connectivity index (χ0n) is 18.1. The van der Waals surface area contributed by atoms with E-state index in [1.807, 2.05) is 51.1 Å². The molecule has 0 aliphatic carbocycles. The SMILES string of the molecule is CCOC(=O)C(C)(C)c1ccc(-c2ccc(CCOCc3ccccc3)cc2)cc1.